The van der Waals surface area contributed by atoms with Crippen LogP contribution in [0.5, 0.6) is 0 Å². The molecule has 0 radical (unpaired) electrons. The maximum absolute atomic E-state index is 8.63. The number of hydrazine groups is 1. The van der Waals surface area contributed by atoms with Crippen LogP contribution in [0.15, 0.2) is 18.3 Å². The van der Waals surface area contributed by atoms with Crippen LogP contribution in [0, 0.1) is 11.3 Å². The fourth-order valence-corrected chi connectivity index (χ4v) is 1.56. The number of rotatable bonds is 8. The lowest BCUT2D eigenvalue weighted by Gasteiger charge is -2.20. The number of pyridine rings is 1. The summed E-state index contributed by atoms with van der Waals surface area (Å²) in [5.74, 6) is 5.90. The summed E-state index contributed by atoms with van der Waals surface area (Å²) in [6, 6.07) is 5.95. The molecule has 0 fully saturated rings. The summed E-state index contributed by atoms with van der Waals surface area (Å²) in [5, 5.41) is 8.63. The van der Waals surface area contributed by atoms with Gasteiger partial charge in [0.1, 0.15) is 5.82 Å². The Bertz CT molecular complexity index is 373. The lowest BCUT2D eigenvalue weighted by Crippen LogP contribution is -2.28. The molecule has 6 heteroatoms. The Hall–Kier alpha value is -1.68. The maximum atomic E-state index is 8.63. The van der Waals surface area contributed by atoms with E-state index in [2.05, 4.69) is 21.4 Å². The first-order valence-electron chi connectivity index (χ1n) is 5.80. The number of nitrogen functional groups attached to an aromatic ring is 1. The normalized spacial score (nSPS) is 10.3. The SMILES string of the molecule is COCCN(CCC#N)Cc1ccc(NN)nc1. The van der Waals surface area contributed by atoms with Crippen molar-refractivity contribution in [1.82, 2.24) is 9.88 Å². The molecule has 1 heterocycles. The summed E-state index contributed by atoms with van der Waals surface area (Å²) in [7, 11) is 1.67. The number of hydrogen-bond acceptors (Lipinski definition) is 6. The van der Waals surface area contributed by atoms with Crippen molar-refractivity contribution in [2.24, 2.45) is 5.84 Å². The maximum Gasteiger partial charge on any atom is 0.139 e. The second-order valence-electron chi connectivity index (χ2n) is 3.87. The van der Waals surface area contributed by atoms with E-state index in [0.717, 1.165) is 25.2 Å². The van der Waals surface area contributed by atoms with Crippen LogP contribution in [0.3, 0.4) is 0 Å². The van der Waals surface area contributed by atoms with Gasteiger partial charge in [0.05, 0.1) is 12.7 Å². The van der Waals surface area contributed by atoms with Gasteiger partial charge in [-0.15, -0.1) is 0 Å². The van der Waals surface area contributed by atoms with Crippen LogP contribution < -0.4 is 11.3 Å². The number of aromatic nitrogens is 1. The minimum absolute atomic E-state index is 0.513. The zero-order valence-electron chi connectivity index (χ0n) is 10.6. The topological polar surface area (TPSA) is 87.2 Å². The Morgan fingerprint density at radius 2 is 2.33 bits per heavy atom. The molecule has 0 aliphatic rings. The van der Waals surface area contributed by atoms with Crippen molar-refractivity contribution in [3.63, 3.8) is 0 Å². The quantitative estimate of drug-likeness (QED) is 0.521. The Morgan fingerprint density at radius 3 is 2.89 bits per heavy atom. The molecule has 0 atom stereocenters. The summed E-state index contributed by atoms with van der Waals surface area (Å²) in [4.78, 5) is 6.32. The van der Waals surface area contributed by atoms with E-state index in [9.17, 15) is 0 Å². The van der Waals surface area contributed by atoms with Crippen molar-refractivity contribution in [2.45, 2.75) is 13.0 Å². The number of nitrogens with one attached hydrogen (secondary N) is 1. The average Bonchev–Trinajstić information content (AvgIpc) is 2.42. The van der Waals surface area contributed by atoms with Crippen molar-refractivity contribution in [2.75, 3.05) is 32.2 Å². The molecule has 3 N–H and O–H groups in total. The molecule has 0 saturated carbocycles. The molecule has 0 aromatic carbocycles. The minimum Gasteiger partial charge on any atom is -0.383 e. The third-order valence-electron chi connectivity index (χ3n) is 2.53. The van der Waals surface area contributed by atoms with Crippen LogP contribution in [0.2, 0.25) is 0 Å². The zero-order chi connectivity index (χ0) is 13.2. The Kier molecular flexibility index (Phi) is 6.72. The van der Waals surface area contributed by atoms with Gasteiger partial charge in [-0.3, -0.25) is 4.90 Å². The summed E-state index contributed by atoms with van der Waals surface area (Å²) in [5.41, 5.74) is 3.57. The highest BCUT2D eigenvalue weighted by Gasteiger charge is 2.06. The van der Waals surface area contributed by atoms with Gasteiger partial charge >= 0.3 is 0 Å². The van der Waals surface area contributed by atoms with Crippen LogP contribution >= 0.6 is 0 Å². The Morgan fingerprint density at radius 1 is 1.50 bits per heavy atom. The van der Waals surface area contributed by atoms with Gasteiger partial charge in [-0.05, 0) is 11.6 Å². The second kappa shape index (κ2) is 8.42. The molecule has 0 aliphatic heterocycles. The fourth-order valence-electron chi connectivity index (χ4n) is 1.56. The number of nitrogens with two attached hydrogens (primary N) is 1. The monoisotopic (exact) mass is 249 g/mol. The van der Waals surface area contributed by atoms with Crippen molar-refractivity contribution in [3.8, 4) is 6.07 Å². The summed E-state index contributed by atoms with van der Waals surface area (Å²) in [6.07, 6.45) is 2.29. The Labute approximate surface area is 107 Å². The van der Waals surface area contributed by atoms with Gasteiger partial charge in [0.15, 0.2) is 0 Å². The highest BCUT2D eigenvalue weighted by molar-refractivity contribution is 5.33. The van der Waals surface area contributed by atoms with Gasteiger partial charge in [0, 0.05) is 39.4 Å². The molecule has 0 unspecified atom stereocenters. The van der Waals surface area contributed by atoms with E-state index >= 15 is 0 Å². The number of methoxy groups -OCH3 is 1. The smallest absolute Gasteiger partial charge is 0.139 e. The van der Waals surface area contributed by atoms with E-state index in [-0.39, 0.29) is 0 Å². The van der Waals surface area contributed by atoms with Gasteiger partial charge in [0.2, 0.25) is 0 Å². The van der Waals surface area contributed by atoms with Crippen LogP contribution in [-0.4, -0.2) is 36.7 Å². The molecule has 18 heavy (non-hydrogen) atoms. The third kappa shape index (κ3) is 5.10. The second-order valence-corrected chi connectivity index (χ2v) is 3.87. The van der Waals surface area contributed by atoms with Crippen LogP contribution in [0.4, 0.5) is 5.82 Å². The highest BCUT2D eigenvalue weighted by atomic mass is 16.5. The molecule has 98 valence electrons. The van der Waals surface area contributed by atoms with Crippen LogP contribution in [0.25, 0.3) is 0 Å². The first kappa shape index (κ1) is 14.4. The molecule has 0 amide bonds. The van der Waals surface area contributed by atoms with E-state index in [4.69, 9.17) is 15.8 Å². The predicted octanol–water partition coefficient (Wildman–Crippen LogP) is 0.729. The highest BCUT2D eigenvalue weighted by Crippen LogP contribution is 2.07. The van der Waals surface area contributed by atoms with E-state index in [1.165, 1.54) is 0 Å². The van der Waals surface area contributed by atoms with E-state index in [1.54, 1.807) is 13.3 Å². The number of ether oxygens (including phenoxy) is 1. The largest absolute Gasteiger partial charge is 0.383 e. The molecule has 1 rings (SSSR count). The molecule has 0 bridgehead atoms. The van der Waals surface area contributed by atoms with E-state index in [0.29, 0.717) is 18.8 Å². The van der Waals surface area contributed by atoms with Gasteiger partial charge in [0.25, 0.3) is 0 Å². The molecule has 0 saturated heterocycles. The Balaban J connectivity index is 2.54. The first-order chi connectivity index (χ1) is 8.80. The zero-order valence-corrected chi connectivity index (χ0v) is 10.6. The fraction of sp³-hybridized carbons (Fsp3) is 0.500. The van der Waals surface area contributed by atoms with Gasteiger partial charge in [-0.2, -0.15) is 5.26 Å². The first-order valence-corrected chi connectivity index (χ1v) is 5.80. The number of nitrogens with zero attached hydrogens (tertiary/aromatic N) is 3. The van der Waals surface area contributed by atoms with E-state index < -0.39 is 0 Å². The summed E-state index contributed by atoms with van der Waals surface area (Å²) < 4.78 is 5.06. The molecular formula is C12H19N5O. The molecular weight excluding hydrogens is 230 g/mol. The average molecular weight is 249 g/mol. The van der Waals surface area contributed by atoms with E-state index in [1.807, 2.05) is 12.1 Å². The molecule has 6 nitrogen and oxygen atoms in total. The van der Waals surface area contributed by atoms with Gasteiger partial charge in [-0.1, -0.05) is 6.07 Å². The molecule has 1 aromatic rings. The van der Waals surface area contributed by atoms with Crippen molar-refractivity contribution in [3.05, 3.63) is 23.9 Å². The standard InChI is InChI=1S/C12H19N5O/c1-18-8-7-17(6-2-5-13)10-11-3-4-12(16-14)15-9-11/h3-4,9H,2,6-8,10,14H2,1H3,(H,15,16). The van der Waals surface area contributed by atoms with Crippen LogP contribution in [0.1, 0.15) is 12.0 Å². The van der Waals surface area contributed by atoms with Crippen molar-refractivity contribution >= 4 is 5.82 Å². The van der Waals surface area contributed by atoms with Crippen molar-refractivity contribution < 1.29 is 4.74 Å². The van der Waals surface area contributed by atoms with Crippen LogP contribution in [-0.2, 0) is 11.3 Å². The lowest BCUT2D eigenvalue weighted by molar-refractivity contribution is 0.145. The minimum atomic E-state index is 0.513. The van der Waals surface area contributed by atoms with Gasteiger partial charge in [-0.25, -0.2) is 10.8 Å². The number of anilines is 1. The molecule has 1 aromatic heterocycles. The van der Waals surface area contributed by atoms with Crippen molar-refractivity contribution in [1.29, 1.82) is 5.26 Å². The summed E-state index contributed by atoms with van der Waals surface area (Å²) in [6.45, 7) is 2.94. The molecule has 0 spiro atoms. The van der Waals surface area contributed by atoms with Gasteiger partial charge < -0.3 is 10.2 Å². The third-order valence-corrected chi connectivity index (χ3v) is 2.53. The summed E-state index contributed by atoms with van der Waals surface area (Å²) >= 11 is 0. The predicted molar refractivity (Wildman–Crippen MR) is 69.4 cm³/mol. The molecule has 0 aliphatic carbocycles. The number of nitriles is 1. The number of hydrogen-bond donors (Lipinski definition) is 2. The lowest BCUT2D eigenvalue weighted by atomic mass is 10.2.